The summed E-state index contributed by atoms with van der Waals surface area (Å²) in [7, 11) is 1.60. The Morgan fingerprint density at radius 1 is 1.40 bits per heavy atom. The second-order valence-corrected chi connectivity index (χ2v) is 6.07. The molecule has 1 aromatic carbocycles. The number of halogens is 1. The molecule has 2 aromatic rings. The van der Waals surface area contributed by atoms with Gasteiger partial charge in [-0.05, 0) is 59.2 Å². The molecule has 0 aliphatic rings. The van der Waals surface area contributed by atoms with Gasteiger partial charge in [-0.15, -0.1) is 11.3 Å². The molecule has 0 saturated carbocycles. The summed E-state index contributed by atoms with van der Waals surface area (Å²) in [6.07, 6.45) is 0. The Morgan fingerprint density at radius 2 is 2.20 bits per heavy atom. The van der Waals surface area contributed by atoms with Gasteiger partial charge in [0.25, 0.3) is 5.91 Å². The average Bonchev–Trinajstić information content (AvgIpc) is 2.98. The number of carbonyl (C=O) groups is 1. The molecular weight excluding hydrogens is 387 g/mol. The van der Waals surface area contributed by atoms with Gasteiger partial charge in [-0.2, -0.15) is 5.10 Å². The van der Waals surface area contributed by atoms with Gasteiger partial charge in [-0.1, -0.05) is 6.07 Å². The van der Waals surface area contributed by atoms with E-state index in [4.69, 9.17) is 4.74 Å². The lowest BCUT2D eigenvalue weighted by Crippen LogP contribution is -2.19. The van der Waals surface area contributed by atoms with E-state index in [1.54, 1.807) is 36.6 Å². The van der Waals surface area contributed by atoms with Crippen molar-refractivity contribution in [1.82, 2.24) is 5.43 Å². The molecule has 1 N–H and O–H groups in total. The first-order valence-electron chi connectivity index (χ1n) is 5.84. The fourth-order valence-electron chi connectivity index (χ4n) is 1.55. The van der Waals surface area contributed by atoms with Crippen LogP contribution in [-0.2, 0) is 0 Å². The van der Waals surface area contributed by atoms with Crippen LogP contribution in [0.25, 0.3) is 0 Å². The molecule has 4 nitrogen and oxygen atoms in total. The van der Waals surface area contributed by atoms with Crippen molar-refractivity contribution in [2.45, 2.75) is 6.92 Å². The maximum atomic E-state index is 12.0. The van der Waals surface area contributed by atoms with Crippen molar-refractivity contribution in [3.8, 4) is 5.75 Å². The third-order valence-electron chi connectivity index (χ3n) is 2.62. The van der Waals surface area contributed by atoms with Crippen molar-refractivity contribution in [3.63, 3.8) is 0 Å². The molecule has 0 fully saturated rings. The van der Waals surface area contributed by atoms with E-state index in [2.05, 4.69) is 33.1 Å². The van der Waals surface area contributed by atoms with Crippen LogP contribution >= 0.6 is 33.9 Å². The van der Waals surface area contributed by atoms with Crippen molar-refractivity contribution >= 4 is 45.5 Å². The van der Waals surface area contributed by atoms with E-state index in [0.717, 1.165) is 19.9 Å². The van der Waals surface area contributed by atoms with Crippen LogP contribution in [0.15, 0.2) is 40.8 Å². The maximum Gasteiger partial charge on any atom is 0.271 e. The number of carbonyl (C=O) groups excluding carboxylic acids is 1. The molecule has 0 saturated heterocycles. The standard InChI is InChI=1S/C14H13IN2O2S/c1-9(13-4-3-7-20-13)16-17-14(18)10-5-6-12(19-2)11(15)8-10/h3-8H,1-2H3,(H,17,18). The summed E-state index contributed by atoms with van der Waals surface area (Å²) < 4.78 is 6.05. The largest absolute Gasteiger partial charge is 0.496 e. The molecular formula is C14H13IN2O2S. The molecule has 1 aromatic heterocycles. The van der Waals surface area contributed by atoms with Crippen LogP contribution in [0.1, 0.15) is 22.2 Å². The minimum absolute atomic E-state index is 0.235. The van der Waals surface area contributed by atoms with Crippen LogP contribution in [0, 0.1) is 3.57 Å². The summed E-state index contributed by atoms with van der Waals surface area (Å²) in [5.41, 5.74) is 3.91. The number of nitrogens with zero attached hydrogens (tertiary/aromatic N) is 1. The number of benzene rings is 1. The monoisotopic (exact) mass is 400 g/mol. The van der Waals surface area contributed by atoms with Crippen LogP contribution < -0.4 is 10.2 Å². The van der Waals surface area contributed by atoms with E-state index >= 15 is 0 Å². The molecule has 0 atom stereocenters. The van der Waals surface area contributed by atoms with Crippen LogP contribution in [0.5, 0.6) is 5.75 Å². The van der Waals surface area contributed by atoms with Crippen molar-refractivity contribution in [2.24, 2.45) is 5.10 Å². The second-order valence-electron chi connectivity index (χ2n) is 3.96. The van der Waals surface area contributed by atoms with E-state index in [9.17, 15) is 4.79 Å². The molecule has 2 rings (SSSR count). The number of thiophene rings is 1. The summed E-state index contributed by atoms with van der Waals surface area (Å²) in [5, 5.41) is 6.08. The van der Waals surface area contributed by atoms with E-state index < -0.39 is 0 Å². The van der Waals surface area contributed by atoms with E-state index in [-0.39, 0.29) is 5.91 Å². The number of hydrazone groups is 1. The lowest BCUT2D eigenvalue weighted by Gasteiger charge is -2.05. The number of hydrogen-bond acceptors (Lipinski definition) is 4. The second kappa shape index (κ2) is 6.85. The Labute approximate surface area is 135 Å². The van der Waals surface area contributed by atoms with Crippen molar-refractivity contribution in [3.05, 3.63) is 49.7 Å². The SMILES string of the molecule is COc1ccc(C(=O)NN=C(C)c2cccs2)cc1I. The Morgan fingerprint density at radius 3 is 2.80 bits per heavy atom. The fourth-order valence-corrected chi connectivity index (χ4v) is 2.96. The van der Waals surface area contributed by atoms with Gasteiger partial charge in [0.15, 0.2) is 0 Å². The quantitative estimate of drug-likeness (QED) is 0.485. The highest BCUT2D eigenvalue weighted by Crippen LogP contribution is 2.21. The van der Waals surface area contributed by atoms with Crippen LogP contribution in [-0.4, -0.2) is 18.7 Å². The molecule has 1 amide bonds. The number of methoxy groups -OCH3 is 1. The molecule has 0 aliphatic heterocycles. The topological polar surface area (TPSA) is 50.7 Å². The third kappa shape index (κ3) is 3.57. The van der Waals surface area contributed by atoms with Gasteiger partial charge in [0.2, 0.25) is 0 Å². The normalized spacial score (nSPS) is 11.2. The van der Waals surface area contributed by atoms with Gasteiger partial charge in [0.1, 0.15) is 5.75 Å². The zero-order valence-electron chi connectivity index (χ0n) is 11.0. The van der Waals surface area contributed by atoms with Crippen LogP contribution in [0.4, 0.5) is 0 Å². The highest BCUT2D eigenvalue weighted by molar-refractivity contribution is 14.1. The highest BCUT2D eigenvalue weighted by atomic mass is 127. The van der Waals surface area contributed by atoms with E-state index in [1.807, 2.05) is 24.4 Å². The molecule has 0 bridgehead atoms. The van der Waals surface area contributed by atoms with E-state index in [1.165, 1.54) is 0 Å². The molecule has 1 heterocycles. The maximum absolute atomic E-state index is 12.0. The Hall–Kier alpha value is -1.41. The van der Waals surface area contributed by atoms with Gasteiger partial charge in [0, 0.05) is 10.4 Å². The molecule has 0 radical (unpaired) electrons. The lowest BCUT2D eigenvalue weighted by atomic mass is 10.2. The summed E-state index contributed by atoms with van der Waals surface area (Å²) >= 11 is 3.72. The molecule has 0 aliphatic carbocycles. The fraction of sp³-hybridized carbons (Fsp3) is 0.143. The molecule has 104 valence electrons. The van der Waals surface area contributed by atoms with Gasteiger partial charge in [0.05, 0.1) is 16.4 Å². The third-order valence-corrected chi connectivity index (χ3v) is 4.44. The molecule has 20 heavy (non-hydrogen) atoms. The number of nitrogens with one attached hydrogen (secondary N) is 1. The summed E-state index contributed by atoms with van der Waals surface area (Å²) in [6.45, 7) is 1.86. The predicted molar refractivity (Wildman–Crippen MR) is 89.7 cm³/mol. The van der Waals surface area contributed by atoms with Gasteiger partial charge >= 0.3 is 0 Å². The number of rotatable bonds is 4. The van der Waals surface area contributed by atoms with E-state index in [0.29, 0.717) is 5.56 Å². The summed E-state index contributed by atoms with van der Waals surface area (Å²) in [5.74, 6) is 0.516. The first kappa shape index (κ1) is 15.0. The molecule has 0 spiro atoms. The lowest BCUT2D eigenvalue weighted by molar-refractivity contribution is 0.0954. The zero-order valence-corrected chi connectivity index (χ0v) is 14.0. The first-order chi connectivity index (χ1) is 9.61. The number of amides is 1. The highest BCUT2D eigenvalue weighted by Gasteiger charge is 2.08. The Bertz CT molecular complexity index is 639. The minimum atomic E-state index is -0.235. The van der Waals surface area contributed by atoms with Crippen LogP contribution in [0.2, 0.25) is 0 Å². The smallest absolute Gasteiger partial charge is 0.271 e. The summed E-state index contributed by atoms with van der Waals surface area (Å²) in [4.78, 5) is 13.0. The first-order valence-corrected chi connectivity index (χ1v) is 7.79. The molecule has 6 heteroatoms. The Balaban J connectivity index is 2.09. The number of hydrogen-bond donors (Lipinski definition) is 1. The van der Waals surface area contributed by atoms with Gasteiger partial charge < -0.3 is 4.74 Å². The van der Waals surface area contributed by atoms with Gasteiger partial charge in [-0.3, -0.25) is 4.79 Å². The molecule has 0 unspecified atom stereocenters. The van der Waals surface area contributed by atoms with Gasteiger partial charge in [-0.25, -0.2) is 5.43 Å². The van der Waals surface area contributed by atoms with Crippen molar-refractivity contribution < 1.29 is 9.53 Å². The van der Waals surface area contributed by atoms with Crippen LogP contribution in [0.3, 0.4) is 0 Å². The summed E-state index contributed by atoms with van der Waals surface area (Å²) in [6, 6.07) is 9.17. The predicted octanol–water partition coefficient (Wildman–Crippen LogP) is 3.52. The number of ether oxygens (including phenoxy) is 1. The average molecular weight is 400 g/mol. The van der Waals surface area contributed by atoms with Crippen molar-refractivity contribution in [2.75, 3.05) is 7.11 Å². The zero-order chi connectivity index (χ0) is 14.5. The minimum Gasteiger partial charge on any atom is -0.496 e. The Kier molecular flexibility index (Phi) is 5.13. The van der Waals surface area contributed by atoms with Crippen molar-refractivity contribution in [1.29, 1.82) is 0 Å².